The first-order valence-corrected chi connectivity index (χ1v) is 7.98. The number of hydrogen-bond acceptors (Lipinski definition) is 6. The number of thioether (sulfide) groups is 1. The zero-order chi connectivity index (χ0) is 15.5. The Morgan fingerprint density at radius 2 is 2.09 bits per heavy atom. The summed E-state index contributed by atoms with van der Waals surface area (Å²) in [7, 11) is 0. The van der Waals surface area contributed by atoms with Crippen LogP contribution in [0.5, 0.6) is 0 Å². The van der Waals surface area contributed by atoms with Crippen LogP contribution in [0, 0.1) is 0 Å². The summed E-state index contributed by atoms with van der Waals surface area (Å²) in [5.41, 5.74) is 1.01. The normalized spacial score (nSPS) is 13.9. The molecule has 6 nitrogen and oxygen atoms in total. The smallest absolute Gasteiger partial charge is 0.277 e. The van der Waals surface area contributed by atoms with Crippen LogP contribution in [0.1, 0.15) is 41.9 Å². The molecule has 0 atom stereocenters. The summed E-state index contributed by atoms with van der Waals surface area (Å²) < 4.78 is 5.48. The zero-order valence-corrected chi connectivity index (χ0v) is 12.9. The number of nitrogens with one attached hydrogen (secondary N) is 1. The van der Waals surface area contributed by atoms with Crippen LogP contribution >= 0.6 is 11.8 Å². The Bertz CT molecular complexity index is 710. The number of nitrogens with zero attached hydrogens (tertiary/aromatic N) is 2. The molecule has 1 fully saturated rings. The second-order valence-electron chi connectivity index (χ2n) is 5.12. The van der Waals surface area contributed by atoms with E-state index < -0.39 is 0 Å². The lowest BCUT2D eigenvalue weighted by molar-refractivity contribution is -0.113. The molecule has 1 aromatic heterocycles. The van der Waals surface area contributed by atoms with Crippen molar-refractivity contribution in [1.82, 2.24) is 10.2 Å². The van der Waals surface area contributed by atoms with Gasteiger partial charge in [-0.15, -0.1) is 10.2 Å². The molecule has 1 saturated carbocycles. The highest BCUT2D eigenvalue weighted by Crippen LogP contribution is 2.39. The van der Waals surface area contributed by atoms with Crippen molar-refractivity contribution >= 4 is 29.1 Å². The summed E-state index contributed by atoms with van der Waals surface area (Å²) in [6.07, 6.45) is 2.18. The van der Waals surface area contributed by atoms with Crippen molar-refractivity contribution in [1.29, 1.82) is 0 Å². The summed E-state index contributed by atoms with van der Waals surface area (Å²) in [6, 6.07) is 6.93. The molecule has 114 valence electrons. The molecule has 1 aromatic carbocycles. The summed E-state index contributed by atoms with van der Waals surface area (Å²) in [5.74, 6) is 0.904. The van der Waals surface area contributed by atoms with E-state index in [1.807, 2.05) is 0 Å². The van der Waals surface area contributed by atoms with Crippen LogP contribution in [0.4, 0.5) is 5.69 Å². The molecule has 3 rings (SSSR count). The zero-order valence-electron chi connectivity index (χ0n) is 12.0. The van der Waals surface area contributed by atoms with E-state index >= 15 is 0 Å². The first-order chi connectivity index (χ1) is 10.6. The predicted molar refractivity (Wildman–Crippen MR) is 82.1 cm³/mol. The van der Waals surface area contributed by atoms with E-state index in [0.717, 1.165) is 12.8 Å². The summed E-state index contributed by atoms with van der Waals surface area (Å²) in [4.78, 5) is 23.5. The van der Waals surface area contributed by atoms with Gasteiger partial charge in [-0.05, 0) is 31.9 Å². The molecule has 0 spiro atoms. The fourth-order valence-electron chi connectivity index (χ4n) is 1.99. The summed E-state index contributed by atoms with van der Waals surface area (Å²) in [5, 5.41) is 11.0. The molecule has 2 aromatic rings. The Kier molecular flexibility index (Phi) is 4.24. The standard InChI is InChI=1S/C15H15N3O3S/c1-9(19)11-4-2-3-5-12(11)16-13(20)8-22-15-18-17-14(21-15)10-6-7-10/h2-5,10H,6-8H2,1H3,(H,16,20). The molecule has 0 bridgehead atoms. The summed E-state index contributed by atoms with van der Waals surface area (Å²) in [6.45, 7) is 1.47. The van der Waals surface area contributed by atoms with Crippen molar-refractivity contribution in [2.75, 3.05) is 11.1 Å². The van der Waals surface area contributed by atoms with Gasteiger partial charge in [-0.1, -0.05) is 23.9 Å². The molecule has 1 N–H and O–H groups in total. The van der Waals surface area contributed by atoms with Gasteiger partial charge < -0.3 is 9.73 Å². The third kappa shape index (κ3) is 3.54. The number of rotatable bonds is 6. The van der Waals surface area contributed by atoms with E-state index in [1.165, 1.54) is 18.7 Å². The van der Waals surface area contributed by atoms with Gasteiger partial charge in [-0.25, -0.2) is 0 Å². The molecule has 1 aliphatic carbocycles. The fraction of sp³-hybridized carbons (Fsp3) is 0.333. The third-order valence-electron chi connectivity index (χ3n) is 3.26. The van der Waals surface area contributed by atoms with Crippen LogP contribution in [0.15, 0.2) is 33.9 Å². The average Bonchev–Trinajstić information content (AvgIpc) is 3.24. The Hall–Kier alpha value is -2.15. The Morgan fingerprint density at radius 1 is 1.32 bits per heavy atom. The van der Waals surface area contributed by atoms with Crippen LogP contribution in [0.25, 0.3) is 0 Å². The van der Waals surface area contributed by atoms with Gasteiger partial charge in [0.15, 0.2) is 5.78 Å². The van der Waals surface area contributed by atoms with Gasteiger partial charge in [0.05, 0.1) is 11.4 Å². The van der Waals surface area contributed by atoms with Crippen molar-refractivity contribution in [3.63, 3.8) is 0 Å². The summed E-state index contributed by atoms with van der Waals surface area (Å²) >= 11 is 1.19. The Morgan fingerprint density at radius 3 is 2.82 bits per heavy atom. The van der Waals surface area contributed by atoms with Crippen molar-refractivity contribution in [2.45, 2.75) is 30.9 Å². The molecule has 1 heterocycles. The molecule has 0 unspecified atom stereocenters. The topological polar surface area (TPSA) is 85.1 Å². The largest absolute Gasteiger partial charge is 0.416 e. The van der Waals surface area contributed by atoms with Gasteiger partial charge in [0.2, 0.25) is 11.8 Å². The van der Waals surface area contributed by atoms with Crippen LogP contribution in [-0.4, -0.2) is 27.6 Å². The quantitative estimate of drug-likeness (QED) is 0.651. The highest BCUT2D eigenvalue weighted by atomic mass is 32.2. The number of benzene rings is 1. The first kappa shape index (κ1) is 14.8. The van der Waals surface area contributed by atoms with Gasteiger partial charge in [-0.2, -0.15) is 0 Å². The van der Waals surface area contributed by atoms with E-state index in [2.05, 4.69) is 15.5 Å². The molecular weight excluding hydrogens is 302 g/mol. The molecule has 0 radical (unpaired) electrons. The minimum atomic E-state index is -0.218. The minimum Gasteiger partial charge on any atom is -0.416 e. The number of ketones is 1. The number of carbonyl (C=O) groups excluding carboxylic acids is 2. The third-order valence-corrected chi connectivity index (χ3v) is 4.07. The van der Waals surface area contributed by atoms with Crippen molar-refractivity contribution < 1.29 is 14.0 Å². The molecule has 1 amide bonds. The fourth-order valence-corrected chi connectivity index (χ4v) is 2.56. The molecular formula is C15H15N3O3S. The molecule has 0 saturated heterocycles. The molecule has 1 aliphatic rings. The SMILES string of the molecule is CC(=O)c1ccccc1NC(=O)CSc1nnc(C2CC2)o1. The van der Waals surface area contributed by atoms with Gasteiger partial charge in [-0.3, -0.25) is 9.59 Å². The van der Waals surface area contributed by atoms with Crippen LogP contribution < -0.4 is 5.32 Å². The van der Waals surface area contributed by atoms with Gasteiger partial charge in [0.25, 0.3) is 5.22 Å². The van der Waals surface area contributed by atoms with E-state index in [4.69, 9.17) is 4.42 Å². The van der Waals surface area contributed by atoms with E-state index in [1.54, 1.807) is 24.3 Å². The minimum absolute atomic E-state index is 0.0884. The number of carbonyl (C=O) groups is 2. The van der Waals surface area contributed by atoms with Gasteiger partial charge in [0, 0.05) is 11.5 Å². The van der Waals surface area contributed by atoms with Crippen molar-refractivity contribution in [3.8, 4) is 0 Å². The second kappa shape index (κ2) is 6.31. The number of aromatic nitrogens is 2. The maximum atomic E-state index is 12.0. The predicted octanol–water partition coefficient (Wildman–Crippen LogP) is 2.88. The number of hydrogen-bond donors (Lipinski definition) is 1. The lowest BCUT2D eigenvalue weighted by Gasteiger charge is -2.07. The maximum Gasteiger partial charge on any atom is 0.277 e. The highest BCUT2D eigenvalue weighted by Gasteiger charge is 2.29. The number of amides is 1. The molecule has 7 heteroatoms. The Balaban J connectivity index is 1.57. The van der Waals surface area contributed by atoms with E-state index in [9.17, 15) is 9.59 Å². The monoisotopic (exact) mass is 317 g/mol. The lowest BCUT2D eigenvalue weighted by atomic mass is 10.1. The number of para-hydroxylation sites is 1. The van der Waals surface area contributed by atoms with Crippen molar-refractivity contribution in [2.24, 2.45) is 0 Å². The first-order valence-electron chi connectivity index (χ1n) is 6.99. The maximum absolute atomic E-state index is 12.0. The second-order valence-corrected chi connectivity index (χ2v) is 6.05. The van der Waals surface area contributed by atoms with E-state index in [0.29, 0.717) is 28.3 Å². The van der Waals surface area contributed by atoms with E-state index in [-0.39, 0.29) is 17.4 Å². The average molecular weight is 317 g/mol. The van der Waals surface area contributed by atoms with Crippen molar-refractivity contribution in [3.05, 3.63) is 35.7 Å². The van der Waals surface area contributed by atoms with Crippen LogP contribution in [0.2, 0.25) is 0 Å². The number of anilines is 1. The van der Waals surface area contributed by atoms with Gasteiger partial charge in [0.1, 0.15) is 0 Å². The van der Waals surface area contributed by atoms with Gasteiger partial charge >= 0.3 is 0 Å². The lowest BCUT2D eigenvalue weighted by Crippen LogP contribution is -2.16. The Labute approximate surface area is 131 Å². The molecule has 22 heavy (non-hydrogen) atoms. The molecule has 0 aliphatic heterocycles. The highest BCUT2D eigenvalue weighted by molar-refractivity contribution is 7.99. The number of Topliss-reactive ketones (excluding diaryl/α,β-unsaturated/α-hetero) is 1. The van der Waals surface area contributed by atoms with Crippen LogP contribution in [-0.2, 0) is 4.79 Å². The van der Waals surface area contributed by atoms with Crippen LogP contribution in [0.3, 0.4) is 0 Å².